The minimum atomic E-state index is -3.67. The quantitative estimate of drug-likeness (QED) is 0.271. The van der Waals surface area contributed by atoms with Gasteiger partial charge >= 0.3 is 138 Å². The Morgan fingerprint density at radius 2 is 0.714 bits per heavy atom. The molecule has 0 amide bonds. The van der Waals surface area contributed by atoms with Gasteiger partial charge in [-0.3, -0.25) is 0 Å². The van der Waals surface area contributed by atoms with E-state index in [0.717, 1.165) is 51.4 Å². The van der Waals surface area contributed by atoms with Crippen molar-refractivity contribution >= 4 is 20.5 Å². The zero-order valence-corrected chi connectivity index (χ0v) is 17.1. The van der Waals surface area contributed by atoms with Gasteiger partial charge in [-0.05, 0) is 0 Å². The zero-order chi connectivity index (χ0) is 15.8. The molecule has 0 aliphatic heterocycles. The first-order valence-corrected chi connectivity index (χ1v) is 12.9. The van der Waals surface area contributed by atoms with E-state index in [1.807, 2.05) is 0 Å². The Kier molecular flexibility index (Phi) is 16.0. The number of hydrogen-bond donors (Lipinski definition) is 0. The fourth-order valence-electron chi connectivity index (χ4n) is 1.51. The molecule has 0 fully saturated rings. The van der Waals surface area contributed by atoms with Crippen LogP contribution in [-0.4, -0.2) is 46.9 Å². The predicted molar refractivity (Wildman–Crippen MR) is 89.2 cm³/mol. The zero-order valence-electron chi connectivity index (χ0n) is 14.6. The topological polar surface area (TPSA) is 36.9 Å². The average molecular weight is 414 g/mol. The van der Waals surface area contributed by atoms with Gasteiger partial charge in [0, 0.05) is 0 Å². The summed E-state index contributed by atoms with van der Waals surface area (Å²) in [6, 6.07) is 0. The van der Waals surface area contributed by atoms with Crippen LogP contribution < -0.4 is 0 Å². The molecule has 0 saturated heterocycles. The molecule has 0 aliphatic rings. The van der Waals surface area contributed by atoms with Gasteiger partial charge < -0.3 is 0 Å². The van der Waals surface area contributed by atoms with Crippen molar-refractivity contribution in [3.8, 4) is 0 Å². The molecule has 0 aromatic heterocycles. The Morgan fingerprint density at radius 3 is 0.905 bits per heavy atom. The molecule has 0 saturated carbocycles. The van der Waals surface area contributed by atoms with E-state index >= 15 is 0 Å². The summed E-state index contributed by atoms with van der Waals surface area (Å²) < 4.78 is 24.2. The van der Waals surface area contributed by atoms with Crippen molar-refractivity contribution in [1.29, 1.82) is 0 Å². The Hall–Kier alpha value is 0.658. The van der Waals surface area contributed by atoms with E-state index in [-0.39, 0.29) is 0 Å². The molecule has 0 aliphatic carbocycles. The fourth-order valence-corrected chi connectivity index (χ4v) is 6.81. The van der Waals surface area contributed by atoms with Crippen molar-refractivity contribution in [2.45, 2.75) is 79.1 Å². The fraction of sp³-hybridized carbons (Fsp3) is 1.00. The van der Waals surface area contributed by atoms with Crippen molar-refractivity contribution < 1.29 is 12.1 Å². The molecule has 0 unspecified atom stereocenters. The molecule has 0 spiro atoms. The standard InChI is InChI=1S/4C4H9O.Sb/c4*1-2-3-4-5;/h4*2-4H2,1H3;/q4*-1;+5. The third kappa shape index (κ3) is 11.8. The Morgan fingerprint density at radius 1 is 0.476 bits per heavy atom. The van der Waals surface area contributed by atoms with E-state index in [0.29, 0.717) is 26.4 Å². The van der Waals surface area contributed by atoms with Gasteiger partial charge in [-0.15, -0.1) is 0 Å². The SMILES string of the molecule is CCCC[O][Sb+]([O]CCCC)([O]CCCC)[O]CCCC. The van der Waals surface area contributed by atoms with Crippen LogP contribution in [0.2, 0.25) is 0 Å². The van der Waals surface area contributed by atoms with Crippen molar-refractivity contribution in [1.82, 2.24) is 0 Å². The summed E-state index contributed by atoms with van der Waals surface area (Å²) in [7, 11) is 0. The molecule has 0 aromatic carbocycles. The van der Waals surface area contributed by atoms with Gasteiger partial charge in [0.05, 0.1) is 0 Å². The predicted octanol–water partition coefficient (Wildman–Crippen LogP) is 4.69. The number of unbranched alkanes of at least 4 members (excludes halogenated alkanes) is 4. The molecule has 0 rings (SSSR count). The molecule has 0 N–H and O–H groups in total. The van der Waals surface area contributed by atoms with E-state index in [4.69, 9.17) is 12.1 Å². The Balaban J connectivity index is 4.52. The van der Waals surface area contributed by atoms with E-state index in [2.05, 4.69) is 27.7 Å². The molecule has 0 bridgehead atoms. The van der Waals surface area contributed by atoms with Gasteiger partial charge in [-0.2, -0.15) is 0 Å². The molecule has 5 heteroatoms. The number of rotatable bonds is 16. The van der Waals surface area contributed by atoms with E-state index < -0.39 is 20.5 Å². The first-order valence-electron chi connectivity index (χ1n) is 8.71. The summed E-state index contributed by atoms with van der Waals surface area (Å²) in [5, 5.41) is 0. The maximum atomic E-state index is 6.04. The minimum absolute atomic E-state index is 0.687. The van der Waals surface area contributed by atoms with Crippen LogP contribution in [0.5, 0.6) is 0 Å². The van der Waals surface area contributed by atoms with Crippen LogP contribution in [0.25, 0.3) is 0 Å². The van der Waals surface area contributed by atoms with Gasteiger partial charge in [-0.25, -0.2) is 0 Å². The van der Waals surface area contributed by atoms with E-state index in [1.165, 1.54) is 0 Å². The summed E-state index contributed by atoms with van der Waals surface area (Å²) in [6.45, 7) is 11.4. The molecule has 0 aromatic rings. The Labute approximate surface area is 138 Å². The normalized spacial score (nSPS) is 12.0. The van der Waals surface area contributed by atoms with Crippen LogP contribution in [0.4, 0.5) is 0 Å². The second-order valence-electron chi connectivity index (χ2n) is 5.19. The first kappa shape index (κ1) is 21.7. The molecule has 0 radical (unpaired) electrons. The van der Waals surface area contributed by atoms with Crippen LogP contribution in [0.3, 0.4) is 0 Å². The first-order chi connectivity index (χ1) is 10.2. The van der Waals surface area contributed by atoms with Crippen molar-refractivity contribution in [3.63, 3.8) is 0 Å². The van der Waals surface area contributed by atoms with Crippen molar-refractivity contribution in [2.24, 2.45) is 0 Å². The summed E-state index contributed by atoms with van der Waals surface area (Å²) in [6.07, 6.45) is 8.56. The molecule has 128 valence electrons. The monoisotopic (exact) mass is 413 g/mol. The molecular weight excluding hydrogens is 378 g/mol. The van der Waals surface area contributed by atoms with Crippen molar-refractivity contribution in [3.05, 3.63) is 0 Å². The van der Waals surface area contributed by atoms with Gasteiger partial charge in [0.25, 0.3) is 0 Å². The van der Waals surface area contributed by atoms with Crippen LogP contribution >= 0.6 is 0 Å². The summed E-state index contributed by atoms with van der Waals surface area (Å²) in [5.41, 5.74) is 0. The summed E-state index contributed by atoms with van der Waals surface area (Å²) in [4.78, 5) is 0. The van der Waals surface area contributed by atoms with Gasteiger partial charge in [0.1, 0.15) is 0 Å². The number of hydrogen-bond acceptors (Lipinski definition) is 4. The van der Waals surface area contributed by atoms with Crippen LogP contribution in [0.1, 0.15) is 79.1 Å². The third-order valence-electron chi connectivity index (χ3n) is 2.99. The molecular formula is C16H36O4Sb+. The summed E-state index contributed by atoms with van der Waals surface area (Å²) >= 11 is -3.67. The third-order valence-corrected chi connectivity index (χ3v) is 8.68. The second kappa shape index (κ2) is 15.5. The molecule has 21 heavy (non-hydrogen) atoms. The van der Waals surface area contributed by atoms with Crippen LogP contribution in [-0.2, 0) is 12.1 Å². The Bertz CT molecular complexity index is 169. The molecule has 0 heterocycles. The maximum absolute atomic E-state index is 6.04. The molecule has 4 nitrogen and oxygen atoms in total. The van der Waals surface area contributed by atoms with E-state index in [1.54, 1.807) is 0 Å². The summed E-state index contributed by atoms with van der Waals surface area (Å²) in [5.74, 6) is 0. The van der Waals surface area contributed by atoms with Crippen molar-refractivity contribution in [2.75, 3.05) is 26.4 Å². The van der Waals surface area contributed by atoms with Gasteiger partial charge in [0.15, 0.2) is 0 Å². The van der Waals surface area contributed by atoms with Crippen LogP contribution in [0, 0.1) is 0 Å². The van der Waals surface area contributed by atoms with Gasteiger partial charge in [-0.1, -0.05) is 0 Å². The van der Waals surface area contributed by atoms with Gasteiger partial charge in [0.2, 0.25) is 0 Å². The molecule has 0 atom stereocenters. The van der Waals surface area contributed by atoms with E-state index in [9.17, 15) is 0 Å². The van der Waals surface area contributed by atoms with Crippen LogP contribution in [0.15, 0.2) is 0 Å². The average Bonchev–Trinajstić information content (AvgIpc) is 2.48. The second-order valence-corrected chi connectivity index (χ2v) is 10.7.